The van der Waals surface area contributed by atoms with Crippen molar-refractivity contribution < 1.29 is 19.0 Å². The number of aliphatic hydroxyl groups is 1. The Hall–Kier alpha value is -1.68. The first-order valence-electron chi connectivity index (χ1n) is 12.4. The van der Waals surface area contributed by atoms with E-state index in [2.05, 4.69) is 45.6 Å². The SMILES string of the molecule is C=C1/C(=C\C=C\C2CC[C@H](/C(C)=C/OCC(=O)C3CC3)[C@@]2(C)CCCF)CC(C)C[C@@H]1O. The fraction of sp³-hybridized carbons (Fsp3) is 0.679. The van der Waals surface area contributed by atoms with E-state index in [1.165, 1.54) is 0 Å². The second-order valence-electron chi connectivity index (χ2n) is 10.6. The highest BCUT2D eigenvalue weighted by molar-refractivity contribution is 5.84. The van der Waals surface area contributed by atoms with Gasteiger partial charge in [0.1, 0.15) is 6.61 Å². The number of allylic oxidation sites excluding steroid dienone is 4. The maximum absolute atomic E-state index is 13.1. The van der Waals surface area contributed by atoms with Crippen molar-refractivity contribution in [2.75, 3.05) is 13.3 Å². The maximum atomic E-state index is 13.1. The number of hydrogen-bond donors (Lipinski definition) is 1. The van der Waals surface area contributed by atoms with Crippen LogP contribution in [-0.4, -0.2) is 30.3 Å². The van der Waals surface area contributed by atoms with Crippen molar-refractivity contribution in [1.29, 1.82) is 0 Å². The molecule has 4 heteroatoms. The molecule has 32 heavy (non-hydrogen) atoms. The van der Waals surface area contributed by atoms with Gasteiger partial charge in [-0.25, -0.2) is 0 Å². The number of rotatable bonds is 10. The Bertz CT molecular complexity index is 776. The number of aliphatic hydroxyl groups excluding tert-OH is 1. The quantitative estimate of drug-likeness (QED) is 0.391. The minimum Gasteiger partial charge on any atom is -0.493 e. The molecule has 0 heterocycles. The van der Waals surface area contributed by atoms with E-state index in [-0.39, 0.29) is 30.4 Å². The van der Waals surface area contributed by atoms with Crippen LogP contribution >= 0.6 is 0 Å². The zero-order valence-electron chi connectivity index (χ0n) is 20.1. The van der Waals surface area contributed by atoms with Crippen molar-refractivity contribution in [1.82, 2.24) is 0 Å². The molecule has 3 aliphatic carbocycles. The molecule has 3 fully saturated rings. The third-order valence-corrected chi connectivity index (χ3v) is 7.99. The van der Waals surface area contributed by atoms with Crippen LogP contribution in [0.2, 0.25) is 0 Å². The Kier molecular flexibility index (Phi) is 8.55. The van der Waals surface area contributed by atoms with Gasteiger partial charge in [-0.1, -0.05) is 38.7 Å². The summed E-state index contributed by atoms with van der Waals surface area (Å²) >= 11 is 0. The Morgan fingerprint density at radius 3 is 2.75 bits per heavy atom. The minimum atomic E-state index is -0.441. The highest BCUT2D eigenvalue weighted by atomic mass is 19.1. The summed E-state index contributed by atoms with van der Waals surface area (Å²) in [5.74, 6) is 1.56. The summed E-state index contributed by atoms with van der Waals surface area (Å²) in [5.41, 5.74) is 3.09. The van der Waals surface area contributed by atoms with Gasteiger partial charge in [-0.05, 0) is 98.2 Å². The van der Waals surface area contributed by atoms with Gasteiger partial charge in [-0.2, -0.15) is 0 Å². The van der Waals surface area contributed by atoms with E-state index in [0.29, 0.717) is 24.2 Å². The number of carbonyl (C=O) groups is 1. The Morgan fingerprint density at radius 1 is 1.31 bits per heavy atom. The molecule has 1 N–H and O–H groups in total. The molecule has 0 saturated heterocycles. The molecule has 0 bridgehead atoms. The molecule has 0 spiro atoms. The molecule has 0 radical (unpaired) electrons. The fourth-order valence-corrected chi connectivity index (χ4v) is 5.80. The van der Waals surface area contributed by atoms with Crippen LogP contribution in [0.15, 0.2) is 47.8 Å². The van der Waals surface area contributed by atoms with Gasteiger partial charge in [0.05, 0.1) is 19.0 Å². The standard InChI is InChI=1S/C28H41FO3/c1-19-15-23(21(3)26(30)16-19)7-5-8-24-11-12-25(28(24,4)13-6-14-29)20(2)17-32-18-27(31)22-9-10-22/h5,7-8,17,19,22,24-26,30H,3,6,9-16,18H2,1-2,4H3/b8-5+,20-17+,23-7-/t19?,24?,25-,26+,28+/m1/s1. The van der Waals surface area contributed by atoms with Crippen LogP contribution < -0.4 is 0 Å². The molecule has 0 aromatic rings. The fourth-order valence-electron chi connectivity index (χ4n) is 5.80. The van der Waals surface area contributed by atoms with Gasteiger partial charge < -0.3 is 9.84 Å². The van der Waals surface area contributed by atoms with Crippen molar-refractivity contribution in [2.24, 2.45) is 29.1 Å². The molecule has 0 amide bonds. The molecule has 0 aromatic heterocycles. The number of halogens is 1. The maximum Gasteiger partial charge on any atom is 0.173 e. The van der Waals surface area contributed by atoms with E-state index in [9.17, 15) is 14.3 Å². The molecule has 3 aliphatic rings. The topological polar surface area (TPSA) is 46.5 Å². The van der Waals surface area contributed by atoms with Gasteiger partial charge >= 0.3 is 0 Å². The summed E-state index contributed by atoms with van der Waals surface area (Å²) in [5, 5.41) is 10.2. The first kappa shape index (κ1) is 25.0. The van der Waals surface area contributed by atoms with Gasteiger partial charge in [0.15, 0.2) is 5.78 Å². The first-order valence-corrected chi connectivity index (χ1v) is 12.4. The average Bonchev–Trinajstić information content (AvgIpc) is 3.55. The summed E-state index contributed by atoms with van der Waals surface area (Å²) in [6.45, 7) is 10.5. The second-order valence-corrected chi connectivity index (χ2v) is 10.6. The van der Waals surface area contributed by atoms with E-state index in [4.69, 9.17) is 4.74 Å². The van der Waals surface area contributed by atoms with Crippen LogP contribution in [-0.2, 0) is 9.53 Å². The normalized spacial score (nSPS) is 35.1. The van der Waals surface area contributed by atoms with E-state index >= 15 is 0 Å². The number of Topliss-reactive ketones (excluding diaryl/α,β-unsaturated/α-hetero) is 1. The number of carbonyl (C=O) groups excluding carboxylic acids is 1. The predicted octanol–water partition coefficient (Wildman–Crippen LogP) is 6.50. The van der Waals surface area contributed by atoms with Crippen molar-refractivity contribution >= 4 is 5.78 Å². The lowest BCUT2D eigenvalue weighted by atomic mass is 9.68. The molecule has 178 valence electrons. The third-order valence-electron chi connectivity index (χ3n) is 7.99. The molecular weight excluding hydrogens is 403 g/mol. The van der Waals surface area contributed by atoms with Crippen LogP contribution in [0.1, 0.15) is 72.1 Å². The zero-order valence-corrected chi connectivity index (χ0v) is 20.1. The van der Waals surface area contributed by atoms with E-state index in [1.807, 2.05) is 0 Å². The lowest BCUT2D eigenvalue weighted by molar-refractivity contribution is -0.123. The highest BCUT2D eigenvalue weighted by Gasteiger charge is 2.45. The van der Waals surface area contributed by atoms with E-state index in [1.54, 1.807) is 6.26 Å². The van der Waals surface area contributed by atoms with Crippen LogP contribution in [0.4, 0.5) is 4.39 Å². The predicted molar refractivity (Wildman–Crippen MR) is 128 cm³/mol. The minimum absolute atomic E-state index is 0.0398. The molecule has 5 atom stereocenters. The van der Waals surface area contributed by atoms with Gasteiger partial charge in [0.2, 0.25) is 0 Å². The Labute approximate surface area is 193 Å². The van der Waals surface area contributed by atoms with Crippen LogP contribution in [0.3, 0.4) is 0 Å². The monoisotopic (exact) mass is 444 g/mol. The van der Waals surface area contributed by atoms with Crippen LogP contribution in [0, 0.1) is 29.1 Å². The van der Waals surface area contributed by atoms with E-state index < -0.39 is 6.10 Å². The smallest absolute Gasteiger partial charge is 0.173 e. The molecule has 3 saturated carbocycles. The van der Waals surface area contributed by atoms with Gasteiger partial charge in [-0.15, -0.1) is 0 Å². The molecule has 0 aromatic carbocycles. The molecular formula is C28H41FO3. The lowest BCUT2D eigenvalue weighted by Gasteiger charge is -2.36. The number of ketones is 1. The Morgan fingerprint density at radius 2 is 2.06 bits per heavy atom. The summed E-state index contributed by atoms with van der Waals surface area (Å²) in [7, 11) is 0. The summed E-state index contributed by atoms with van der Waals surface area (Å²) < 4.78 is 18.8. The van der Waals surface area contributed by atoms with Crippen LogP contribution in [0.5, 0.6) is 0 Å². The van der Waals surface area contributed by atoms with Crippen molar-refractivity contribution in [3.63, 3.8) is 0 Å². The van der Waals surface area contributed by atoms with Gasteiger partial charge in [0.25, 0.3) is 0 Å². The Balaban J connectivity index is 1.68. The van der Waals surface area contributed by atoms with Crippen molar-refractivity contribution in [3.05, 3.63) is 47.8 Å². The first-order chi connectivity index (χ1) is 15.3. The van der Waals surface area contributed by atoms with Crippen molar-refractivity contribution in [2.45, 2.75) is 78.2 Å². The summed E-state index contributed by atoms with van der Waals surface area (Å²) in [6, 6.07) is 0. The summed E-state index contributed by atoms with van der Waals surface area (Å²) in [6.07, 6.45) is 15.1. The third kappa shape index (κ3) is 6.01. The largest absolute Gasteiger partial charge is 0.493 e. The number of hydrogen-bond acceptors (Lipinski definition) is 3. The lowest BCUT2D eigenvalue weighted by Crippen LogP contribution is -2.29. The molecule has 3 nitrogen and oxygen atoms in total. The molecule has 0 aliphatic heterocycles. The zero-order chi connectivity index (χ0) is 23.3. The molecule has 2 unspecified atom stereocenters. The second kappa shape index (κ2) is 11.0. The molecule has 3 rings (SSSR count). The van der Waals surface area contributed by atoms with Gasteiger partial charge in [0, 0.05) is 5.92 Å². The summed E-state index contributed by atoms with van der Waals surface area (Å²) in [4.78, 5) is 11.9. The van der Waals surface area contributed by atoms with Gasteiger partial charge in [-0.3, -0.25) is 9.18 Å². The van der Waals surface area contributed by atoms with E-state index in [0.717, 1.165) is 61.7 Å². The number of alkyl halides is 1. The number of ether oxygens (including phenoxy) is 1. The average molecular weight is 445 g/mol. The van der Waals surface area contributed by atoms with Crippen LogP contribution in [0.25, 0.3) is 0 Å². The van der Waals surface area contributed by atoms with Crippen molar-refractivity contribution in [3.8, 4) is 0 Å². The highest BCUT2D eigenvalue weighted by Crippen LogP contribution is 2.54.